The molecule has 4 heteroatoms. The maximum Gasteiger partial charge on any atom is 0.407 e. The summed E-state index contributed by atoms with van der Waals surface area (Å²) in [6.45, 7) is 0.463. The van der Waals surface area contributed by atoms with Gasteiger partial charge in [0.25, 0.3) is 0 Å². The van der Waals surface area contributed by atoms with E-state index in [0.717, 1.165) is 19.3 Å². The quantitative estimate of drug-likeness (QED) is 0.630. The summed E-state index contributed by atoms with van der Waals surface area (Å²) in [6, 6.07) is 0. The average molecular weight is 171 g/mol. The summed E-state index contributed by atoms with van der Waals surface area (Å²) in [7, 11) is 1.68. The van der Waals surface area contributed by atoms with E-state index in [-0.39, 0.29) is 17.7 Å². The number of carbonyl (C=O) groups excluding carboxylic acids is 1. The van der Waals surface area contributed by atoms with Crippen LogP contribution in [0.2, 0.25) is 0 Å². The third-order valence-electron chi connectivity index (χ3n) is 2.80. The van der Waals surface area contributed by atoms with Crippen molar-refractivity contribution in [1.29, 1.82) is 0 Å². The summed E-state index contributed by atoms with van der Waals surface area (Å²) in [5, 5.41) is 2.84. The summed E-state index contributed by atoms with van der Waals surface area (Å²) in [4.78, 5) is 10.9. The number of cyclic esters (lactones) is 1. The Bertz CT molecular complexity index is 206. The number of alkyl carbamates (subject to hydrolysis) is 1. The Balaban J connectivity index is 2.14. The Morgan fingerprint density at radius 2 is 2.58 bits per heavy atom. The first-order chi connectivity index (χ1) is 5.77. The number of ether oxygens (including phenoxy) is 2. The van der Waals surface area contributed by atoms with E-state index >= 15 is 0 Å². The Hall–Kier alpha value is -0.770. The molecule has 0 bridgehead atoms. The lowest BCUT2D eigenvalue weighted by atomic mass is 9.97. The zero-order valence-electron chi connectivity index (χ0n) is 7.13. The fraction of sp³-hybridized carbons (Fsp3) is 0.875. The van der Waals surface area contributed by atoms with Gasteiger partial charge in [0.15, 0.2) is 0 Å². The Labute approximate surface area is 71.2 Å². The van der Waals surface area contributed by atoms with E-state index in [9.17, 15) is 4.79 Å². The summed E-state index contributed by atoms with van der Waals surface area (Å²) in [6.07, 6.45) is 2.90. The molecule has 2 atom stereocenters. The van der Waals surface area contributed by atoms with Gasteiger partial charge in [0.1, 0.15) is 12.1 Å². The molecule has 4 nitrogen and oxygen atoms in total. The molecule has 68 valence electrons. The summed E-state index contributed by atoms with van der Waals surface area (Å²) < 4.78 is 10.2. The van der Waals surface area contributed by atoms with Gasteiger partial charge in [-0.15, -0.1) is 0 Å². The van der Waals surface area contributed by atoms with E-state index in [0.29, 0.717) is 6.61 Å². The van der Waals surface area contributed by atoms with Gasteiger partial charge in [0, 0.05) is 7.11 Å². The third-order valence-corrected chi connectivity index (χ3v) is 2.80. The normalized spacial score (nSPS) is 40.1. The maximum atomic E-state index is 10.9. The third kappa shape index (κ3) is 0.982. The fourth-order valence-electron chi connectivity index (χ4n) is 2.16. The van der Waals surface area contributed by atoms with Gasteiger partial charge in [-0.1, -0.05) is 0 Å². The molecule has 1 heterocycles. The van der Waals surface area contributed by atoms with Gasteiger partial charge in [0.05, 0.1) is 6.10 Å². The minimum atomic E-state index is -0.307. The van der Waals surface area contributed by atoms with Crippen molar-refractivity contribution < 1.29 is 14.3 Å². The number of carbonyl (C=O) groups is 1. The van der Waals surface area contributed by atoms with E-state index in [2.05, 4.69) is 5.32 Å². The van der Waals surface area contributed by atoms with Crippen molar-refractivity contribution in [2.24, 2.45) is 0 Å². The van der Waals surface area contributed by atoms with Crippen LogP contribution in [-0.4, -0.2) is 31.5 Å². The number of nitrogens with one attached hydrogen (secondary N) is 1. The van der Waals surface area contributed by atoms with Gasteiger partial charge in [-0.2, -0.15) is 0 Å². The second-order valence-corrected chi connectivity index (χ2v) is 3.47. The topological polar surface area (TPSA) is 47.6 Å². The van der Waals surface area contributed by atoms with E-state index < -0.39 is 0 Å². The lowest BCUT2D eigenvalue weighted by Crippen LogP contribution is -2.50. The first-order valence-corrected chi connectivity index (χ1v) is 4.24. The largest absolute Gasteiger partial charge is 0.447 e. The summed E-state index contributed by atoms with van der Waals surface area (Å²) in [5.74, 6) is 0. The van der Waals surface area contributed by atoms with Crippen LogP contribution in [0.1, 0.15) is 19.3 Å². The zero-order valence-corrected chi connectivity index (χ0v) is 7.13. The monoisotopic (exact) mass is 171 g/mol. The van der Waals surface area contributed by atoms with E-state index in [1.165, 1.54) is 0 Å². The second kappa shape index (κ2) is 2.62. The van der Waals surface area contributed by atoms with E-state index in [1.54, 1.807) is 7.11 Å². The van der Waals surface area contributed by atoms with Gasteiger partial charge in [-0.05, 0) is 19.3 Å². The predicted octanol–water partition coefficient (Wildman–Crippen LogP) is 0.664. The fourth-order valence-corrected chi connectivity index (χ4v) is 2.16. The molecule has 2 aliphatic rings. The molecule has 1 aliphatic heterocycles. The summed E-state index contributed by atoms with van der Waals surface area (Å²) >= 11 is 0. The minimum Gasteiger partial charge on any atom is -0.447 e. The molecule has 0 aromatic rings. The maximum absolute atomic E-state index is 10.9. The average Bonchev–Trinajstić information content (AvgIpc) is 2.60. The highest BCUT2D eigenvalue weighted by Crippen LogP contribution is 2.34. The molecule has 1 amide bonds. The van der Waals surface area contributed by atoms with Crippen molar-refractivity contribution in [3.05, 3.63) is 0 Å². The molecule has 1 saturated heterocycles. The van der Waals surface area contributed by atoms with Crippen LogP contribution in [0.3, 0.4) is 0 Å². The molecule has 1 saturated carbocycles. The molecule has 1 aliphatic carbocycles. The molecule has 1 spiro atoms. The molecule has 2 rings (SSSR count). The van der Waals surface area contributed by atoms with E-state index in [4.69, 9.17) is 9.47 Å². The molecule has 0 unspecified atom stereocenters. The van der Waals surface area contributed by atoms with Crippen LogP contribution in [0.25, 0.3) is 0 Å². The SMILES string of the molecule is CO[C@@H]1CCC[C@]12COC(=O)N2. The number of hydrogen-bond donors (Lipinski definition) is 1. The molecule has 0 aromatic heterocycles. The Morgan fingerprint density at radius 1 is 1.75 bits per heavy atom. The number of rotatable bonds is 1. The summed E-state index contributed by atoms with van der Waals surface area (Å²) in [5.41, 5.74) is -0.216. The van der Waals surface area contributed by atoms with Crippen molar-refractivity contribution in [2.75, 3.05) is 13.7 Å². The number of hydrogen-bond acceptors (Lipinski definition) is 3. The van der Waals surface area contributed by atoms with Crippen molar-refractivity contribution in [1.82, 2.24) is 5.32 Å². The van der Waals surface area contributed by atoms with Crippen molar-refractivity contribution in [3.8, 4) is 0 Å². The predicted molar refractivity (Wildman–Crippen MR) is 41.9 cm³/mol. The molecule has 0 aromatic carbocycles. The van der Waals surface area contributed by atoms with Crippen LogP contribution in [0.15, 0.2) is 0 Å². The zero-order chi connectivity index (χ0) is 8.60. The van der Waals surface area contributed by atoms with Crippen LogP contribution in [0.4, 0.5) is 4.79 Å². The molecular weight excluding hydrogens is 158 g/mol. The Morgan fingerprint density at radius 3 is 3.17 bits per heavy atom. The van der Waals surface area contributed by atoms with Crippen LogP contribution < -0.4 is 5.32 Å². The lowest BCUT2D eigenvalue weighted by Gasteiger charge is -2.26. The minimum absolute atomic E-state index is 0.129. The smallest absolute Gasteiger partial charge is 0.407 e. The highest BCUT2D eigenvalue weighted by atomic mass is 16.6. The van der Waals surface area contributed by atoms with Gasteiger partial charge in [-0.25, -0.2) is 4.79 Å². The van der Waals surface area contributed by atoms with Gasteiger partial charge in [-0.3, -0.25) is 0 Å². The van der Waals surface area contributed by atoms with Gasteiger partial charge >= 0.3 is 6.09 Å². The van der Waals surface area contributed by atoms with Crippen LogP contribution in [-0.2, 0) is 9.47 Å². The van der Waals surface area contributed by atoms with Crippen LogP contribution >= 0.6 is 0 Å². The molecular formula is C8H13NO3. The van der Waals surface area contributed by atoms with Gasteiger partial charge in [0.2, 0.25) is 0 Å². The lowest BCUT2D eigenvalue weighted by molar-refractivity contribution is 0.0405. The Kier molecular flexibility index (Phi) is 1.72. The molecule has 0 radical (unpaired) electrons. The molecule has 12 heavy (non-hydrogen) atoms. The standard InChI is InChI=1S/C8H13NO3/c1-11-6-3-2-4-8(6)5-12-7(10)9-8/h6H,2-5H2,1H3,(H,9,10)/t6-,8+/m1/s1. The highest BCUT2D eigenvalue weighted by Gasteiger charge is 2.49. The van der Waals surface area contributed by atoms with Gasteiger partial charge < -0.3 is 14.8 Å². The first kappa shape index (κ1) is 7.86. The highest BCUT2D eigenvalue weighted by molar-refractivity contribution is 5.71. The second-order valence-electron chi connectivity index (χ2n) is 3.47. The number of methoxy groups -OCH3 is 1. The number of amides is 1. The van der Waals surface area contributed by atoms with Crippen molar-refractivity contribution >= 4 is 6.09 Å². The van der Waals surface area contributed by atoms with Crippen LogP contribution in [0.5, 0.6) is 0 Å². The van der Waals surface area contributed by atoms with Crippen molar-refractivity contribution in [2.45, 2.75) is 30.9 Å². The molecule has 2 fully saturated rings. The molecule has 1 N–H and O–H groups in total. The first-order valence-electron chi connectivity index (χ1n) is 4.24. The van der Waals surface area contributed by atoms with Crippen LogP contribution in [0, 0.1) is 0 Å². The van der Waals surface area contributed by atoms with Crippen molar-refractivity contribution in [3.63, 3.8) is 0 Å². The van der Waals surface area contributed by atoms with E-state index in [1.807, 2.05) is 0 Å².